The number of ether oxygens (including phenoxy) is 2. The second-order valence-corrected chi connectivity index (χ2v) is 8.96. The molecule has 0 N–H and O–H groups in total. The molecule has 4 rings (SSSR count). The lowest BCUT2D eigenvalue weighted by Gasteiger charge is -2.33. The zero-order valence-electron chi connectivity index (χ0n) is 18.3. The Kier molecular flexibility index (Phi) is 7.43. The van der Waals surface area contributed by atoms with Crippen LogP contribution in [0.15, 0.2) is 24.3 Å². The summed E-state index contributed by atoms with van der Waals surface area (Å²) in [6, 6.07) is 9.26. The van der Waals surface area contributed by atoms with Crippen LogP contribution in [-0.2, 0) is 11.3 Å². The molecule has 0 radical (unpaired) electrons. The Hall–Kier alpha value is -1.18. The van der Waals surface area contributed by atoms with E-state index in [1.165, 1.54) is 25.2 Å². The van der Waals surface area contributed by atoms with Gasteiger partial charge >= 0.3 is 0 Å². The first-order valence-electron chi connectivity index (χ1n) is 11.4. The van der Waals surface area contributed by atoms with E-state index < -0.39 is 0 Å². The molecule has 2 bridgehead atoms. The third-order valence-corrected chi connectivity index (χ3v) is 6.74. The molecule has 2 atom stereocenters. The molecule has 3 aliphatic heterocycles. The molecule has 3 aliphatic rings. The Balaban J connectivity index is 1.21. The predicted octanol–water partition coefficient (Wildman–Crippen LogP) is 1.47. The lowest BCUT2D eigenvalue weighted by molar-refractivity contribution is 0.0516. The highest BCUT2D eigenvalue weighted by Gasteiger charge is 2.31. The predicted molar refractivity (Wildman–Crippen MR) is 116 cm³/mol. The van der Waals surface area contributed by atoms with Gasteiger partial charge in [0.05, 0.1) is 13.2 Å². The number of fused-ring (bicyclic) bond motifs is 3. The molecule has 0 saturated carbocycles. The van der Waals surface area contributed by atoms with Crippen molar-refractivity contribution in [3.63, 3.8) is 0 Å². The van der Waals surface area contributed by atoms with Crippen LogP contribution < -0.4 is 4.74 Å². The molecule has 0 aliphatic carbocycles. The summed E-state index contributed by atoms with van der Waals surface area (Å²) in [7, 11) is 2.24. The van der Waals surface area contributed by atoms with Gasteiger partial charge in [-0.05, 0) is 31.3 Å². The lowest BCUT2D eigenvalue weighted by atomic mass is 10.1. The van der Waals surface area contributed by atoms with E-state index in [0.29, 0.717) is 12.0 Å². The zero-order valence-corrected chi connectivity index (χ0v) is 18.3. The standard InChI is InChI=1S/C23H38N4O2/c1-3-25-8-10-26(11-9-25)12-13-29-23-6-4-20(5-7-23)15-27-16-21-14-24(2)22(17-27)19-28-18-21/h4-7,21-22H,3,8-19H2,1-2H3/t21-,22+/m1/s1. The summed E-state index contributed by atoms with van der Waals surface area (Å²) in [4.78, 5) is 10.1. The van der Waals surface area contributed by atoms with Crippen molar-refractivity contribution >= 4 is 0 Å². The maximum atomic E-state index is 6.01. The second kappa shape index (κ2) is 10.2. The minimum absolute atomic E-state index is 0.518. The fourth-order valence-corrected chi connectivity index (χ4v) is 4.85. The summed E-state index contributed by atoms with van der Waals surface area (Å²) in [5.41, 5.74) is 1.37. The average molecular weight is 403 g/mol. The number of piperazine rings is 1. The van der Waals surface area contributed by atoms with Crippen LogP contribution in [0, 0.1) is 5.92 Å². The van der Waals surface area contributed by atoms with E-state index in [4.69, 9.17) is 9.47 Å². The Morgan fingerprint density at radius 2 is 1.69 bits per heavy atom. The van der Waals surface area contributed by atoms with Gasteiger partial charge in [0, 0.05) is 70.9 Å². The average Bonchev–Trinajstić information content (AvgIpc) is 2.98. The number of nitrogens with zero attached hydrogens (tertiary/aromatic N) is 4. The first-order chi connectivity index (χ1) is 14.2. The first-order valence-corrected chi connectivity index (χ1v) is 11.4. The van der Waals surface area contributed by atoms with Gasteiger partial charge in [0.25, 0.3) is 0 Å². The number of hydrogen-bond donors (Lipinski definition) is 0. The molecule has 0 spiro atoms. The molecule has 29 heavy (non-hydrogen) atoms. The topological polar surface area (TPSA) is 31.4 Å². The number of hydrogen-bond acceptors (Lipinski definition) is 6. The Morgan fingerprint density at radius 1 is 0.931 bits per heavy atom. The SMILES string of the molecule is CCN1CCN(CCOc2ccc(CN3C[C@@H]4COC[C@H](C3)N(C)C4)cc2)CC1. The van der Waals surface area contributed by atoms with Gasteiger partial charge in [0.1, 0.15) is 12.4 Å². The summed E-state index contributed by atoms with van der Waals surface area (Å²) in [5, 5.41) is 0. The van der Waals surface area contributed by atoms with Crippen LogP contribution in [-0.4, -0.2) is 111 Å². The minimum atomic E-state index is 0.518. The van der Waals surface area contributed by atoms with Gasteiger partial charge in [-0.15, -0.1) is 0 Å². The van der Waals surface area contributed by atoms with Gasteiger partial charge in [-0.25, -0.2) is 0 Å². The van der Waals surface area contributed by atoms with Crippen LogP contribution in [0.2, 0.25) is 0 Å². The van der Waals surface area contributed by atoms with Crippen LogP contribution in [0.1, 0.15) is 12.5 Å². The van der Waals surface area contributed by atoms with E-state index in [1.54, 1.807) is 0 Å². The molecule has 3 heterocycles. The van der Waals surface area contributed by atoms with Gasteiger partial charge in [0.15, 0.2) is 0 Å². The Bertz CT molecular complexity index is 618. The monoisotopic (exact) mass is 402 g/mol. The van der Waals surface area contributed by atoms with Crippen molar-refractivity contribution in [2.75, 3.05) is 85.8 Å². The zero-order chi connectivity index (χ0) is 20.1. The van der Waals surface area contributed by atoms with E-state index in [-0.39, 0.29) is 0 Å². The van der Waals surface area contributed by atoms with E-state index >= 15 is 0 Å². The third-order valence-electron chi connectivity index (χ3n) is 6.74. The molecule has 1 aromatic carbocycles. The number of likely N-dealkylation sites (N-methyl/N-ethyl adjacent to an activating group) is 2. The van der Waals surface area contributed by atoms with Gasteiger partial charge < -0.3 is 14.4 Å². The highest BCUT2D eigenvalue weighted by atomic mass is 16.5. The molecular formula is C23H38N4O2. The normalized spacial score (nSPS) is 27.7. The third kappa shape index (κ3) is 5.92. The summed E-state index contributed by atoms with van der Waals surface area (Å²) < 4.78 is 11.9. The van der Waals surface area contributed by atoms with E-state index in [9.17, 15) is 0 Å². The molecule has 3 fully saturated rings. The van der Waals surface area contributed by atoms with Crippen molar-refractivity contribution in [3.05, 3.63) is 29.8 Å². The molecular weight excluding hydrogens is 364 g/mol. The largest absolute Gasteiger partial charge is 0.492 e. The summed E-state index contributed by atoms with van der Waals surface area (Å²) in [6.45, 7) is 16.1. The highest BCUT2D eigenvalue weighted by molar-refractivity contribution is 5.27. The molecule has 3 saturated heterocycles. The van der Waals surface area contributed by atoms with E-state index in [0.717, 1.165) is 71.4 Å². The van der Waals surface area contributed by atoms with Crippen LogP contribution >= 0.6 is 0 Å². The fraction of sp³-hybridized carbons (Fsp3) is 0.739. The Labute approximate surface area is 176 Å². The van der Waals surface area contributed by atoms with Crippen LogP contribution in [0.25, 0.3) is 0 Å². The highest BCUT2D eigenvalue weighted by Crippen LogP contribution is 2.21. The second-order valence-electron chi connectivity index (χ2n) is 8.96. The molecule has 0 unspecified atom stereocenters. The van der Waals surface area contributed by atoms with Crippen molar-refractivity contribution in [2.24, 2.45) is 5.92 Å². The molecule has 6 heteroatoms. The van der Waals surface area contributed by atoms with E-state index in [1.807, 2.05) is 0 Å². The van der Waals surface area contributed by atoms with Crippen molar-refractivity contribution in [1.29, 1.82) is 0 Å². The first kappa shape index (κ1) is 21.1. The number of rotatable bonds is 7. The van der Waals surface area contributed by atoms with Crippen molar-refractivity contribution in [1.82, 2.24) is 19.6 Å². The van der Waals surface area contributed by atoms with Crippen LogP contribution in [0.5, 0.6) is 5.75 Å². The van der Waals surface area contributed by atoms with Gasteiger partial charge in [0.2, 0.25) is 0 Å². The van der Waals surface area contributed by atoms with Crippen molar-refractivity contribution in [2.45, 2.75) is 19.5 Å². The molecule has 0 aromatic heterocycles. The Morgan fingerprint density at radius 3 is 2.45 bits per heavy atom. The molecule has 1 aromatic rings. The molecule has 6 nitrogen and oxygen atoms in total. The maximum Gasteiger partial charge on any atom is 0.119 e. The summed E-state index contributed by atoms with van der Waals surface area (Å²) >= 11 is 0. The smallest absolute Gasteiger partial charge is 0.119 e. The van der Waals surface area contributed by atoms with Gasteiger partial charge in [-0.3, -0.25) is 14.7 Å². The van der Waals surface area contributed by atoms with Gasteiger partial charge in [-0.2, -0.15) is 0 Å². The van der Waals surface area contributed by atoms with Crippen molar-refractivity contribution < 1.29 is 9.47 Å². The minimum Gasteiger partial charge on any atom is -0.492 e. The van der Waals surface area contributed by atoms with Crippen LogP contribution in [0.4, 0.5) is 0 Å². The van der Waals surface area contributed by atoms with Crippen LogP contribution in [0.3, 0.4) is 0 Å². The fourth-order valence-electron chi connectivity index (χ4n) is 4.85. The maximum absolute atomic E-state index is 6.01. The van der Waals surface area contributed by atoms with Crippen molar-refractivity contribution in [3.8, 4) is 5.75 Å². The van der Waals surface area contributed by atoms with E-state index in [2.05, 4.69) is 57.8 Å². The summed E-state index contributed by atoms with van der Waals surface area (Å²) in [6.07, 6.45) is 0. The molecule has 162 valence electrons. The summed E-state index contributed by atoms with van der Waals surface area (Å²) in [5.74, 6) is 1.61. The number of benzene rings is 1. The van der Waals surface area contributed by atoms with Gasteiger partial charge in [-0.1, -0.05) is 19.1 Å². The quantitative estimate of drug-likeness (QED) is 0.687. The lowest BCUT2D eigenvalue weighted by Crippen LogP contribution is -2.47. The molecule has 0 amide bonds.